The Morgan fingerprint density at radius 2 is 1.89 bits per heavy atom. The van der Waals surface area contributed by atoms with Gasteiger partial charge < -0.3 is 0 Å². The second-order valence-electron chi connectivity index (χ2n) is 4.51. The summed E-state index contributed by atoms with van der Waals surface area (Å²) in [5.41, 5.74) is 0. The number of hydrogen-bond acceptors (Lipinski definition) is 2. The maximum Gasteiger partial charge on any atom is 0.243 e. The van der Waals surface area contributed by atoms with Crippen LogP contribution < -0.4 is 4.72 Å². The minimum Gasteiger partial charge on any atom is -0.208 e. The van der Waals surface area contributed by atoms with Gasteiger partial charge in [0, 0.05) is 6.04 Å². The average Bonchev–Trinajstić information content (AvgIpc) is 2.33. The van der Waals surface area contributed by atoms with Crippen molar-refractivity contribution in [2.24, 2.45) is 0 Å². The molecule has 1 aromatic carbocycles. The molecule has 0 bridgehead atoms. The van der Waals surface area contributed by atoms with E-state index in [1.165, 1.54) is 18.2 Å². The molecule has 1 aromatic rings. The third kappa shape index (κ3) is 3.02. The van der Waals surface area contributed by atoms with Gasteiger partial charge in [-0.3, -0.25) is 0 Å². The fraction of sp³-hybridized carbons (Fsp3) is 0.500. The molecule has 100 valence electrons. The van der Waals surface area contributed by atoms with Crippen LogP contribution in [0.3, 0.4) is 0 Å². The molecular formula is C12H15ClFNO2S. The topological polar surface area (TPSA) is 46.2 Å². The van der Waals surface area contributed by atoms with E-state index in [0.717, 1.165) is 32.1 Å². The van der Waals surface area contributed by atoms with E-state index >= 15 is 0 Å². The van der Waals surface area contributed by atoms with Crippen LogP contribution in [-0.4, -0.2) is 14.5 Å². The number of nitrogens with one attached hydrogen (secondary N) is 1. The Hall–Kier alpha value is -0.650. The molecule has 1 fully saturated rings. The number of halogens is 2. The van der Waals surface area contributed by atoms with E-state index in [9.17, 15) is 12.8 Å². The van der Waals surface area contributed by atoms with Crippen LogP contribution in [0.5, 0.6) is 0 Å². The quantitative estimate of drug-likeness (QED) is 0.930. The summed E-state index contributed by atoms with van der Waals surface area (Å²) in [6, 6.07) is 3.89. The highest BCUT2D eigenvalue weighted by molar-refractivity contribution is 7.89. The first-order valence-electron chi connectivity index (χ1n) is 5.97. The third-order valence-corrected chi connectivity index (χ3v) is 4.96. The molecule has 1 saturated carbocycles. The van der Waals surface area contributed by atoms with Gasteiger partial charge in [-0.25, -0.2) is 17.5 Å². The first-order chi connectivity index (χ1) is 8.50. The molecule has 1 aliphatic carbocycles. The normalized spacial score (nSPS) is 17.9. The highest BCUT2D eigenvalue weighted by Gasteiger charge is 2.25. The maximum atomic E-state index is 13.7. The number of hydrogen-bond donors (Lipinski definition) is 1. The number of benzene rings is 1. The Morgan fingerprint density at radius 1 is 1.22 bits per heavy atom. The fourth-order valence-corrected chi connectivity index (χ4v) is 3.83. The Kier molecular flexibility index (Phi) is 4.25. The molecule has 0 unspecified atom stereocenters. The van der Waals surface area contributed by atoms with Crippen molar-refractivity contribution in [1.29, 1.82) is 0 Å². The summed E-state index contributed by atoms with van der Waals surface area (Å²) < 4.78 is 40.4. The zero-order valence-electron chi connectivity index (χ0n) is 9.83. The molecule has 1 aliphatic rings. The predicted octanol–water partition coefficient (Wildman–Crippen LogP) is 3.09. The molecule has 0 atom stereocenters. The van der Waals surface area contributed by atoms with E-state index < -0.39 is 15.8 Å². The molecule has 0 radical (unpaired) electrons. The lowest BCUT2D eigenvalue weighted by atomic mass is 9.96. The van der Waals surface area contributed by atoms with Crippen molar-refractivity contribution in [2.45, 2.75) is 43.0 Å². The summed E-state index contributed by atoms with van der Waals surface area (Å²) in [7, 11) is -3.82. The lowest BCUT2D eigenvalue weighted by Crippen LogP contribution is -2.36. The van der Waals surface area contributed by atoms with Gasteiger partial charge in [-0.1, -0.05) is 36.9 Å². The lowest BCUT2D eigenvalue weighted by Gasteiger charge is -2.22. The molecular weight excluding hydrogens is 277 g/mol. The van der Waals surface area contributed by atoms with Crippen molar-refractivity contribution in [3.05, 3.63) is 29.0 Å². The number of sulfonamides is 1. The van der Waals surface area contributed by atoms with E-state index in [4.69, 9.17) is 11.6 Å². The van der Waals surface area contributed by atoms with Gasteiger partial charge in [-0.15, -0.1) is 0 Å². The summed E-state index contributed by atoms with van der Waals surface area (Å²) in [6.45, 7) is 0. The second kappa shape index (κ2) is 5.55. The average molecular weight is 292 g/mol. The van der Waals surface area contributed by atoms with E-state index in [-0.39, 0.29) is 16.0 Å². The first kappa shape index (κ1) is 13.8. The van der Waals surface area contributed by atoms with Crippen molar-refractivity contribution in [3.8, 4) is 0 Å². The minimum atomic E-state index is -3.82. The molecule has 0 aromatic heterocycles. The molecule has 0 spiro atoms. The summed E-state index contributed by atoms with van der Waals surface area (Å²) in [5, 5.41) is -0.179. The standard InChI is InChI=1S/C12H15ClFNO2S/c13-10-7-4-8-11(12(10)14)18(16,17)15-9-5-2-1-3-6-9/h4,7-9,15H,1-3,5-6H2. The van der Waals surface area contributed by atoms with Gasteiger partial charge in [0.05, 0.1) is 5.02 Å². The zero-order chi connectivity index (χ0) is 13.2. The van der Waals surface area contributed by atoms with Crippen molar-refractivity contribution in [2.75, 3.05) is 0 Å². The molecule has 0 aliphatic heterocycles. The van der Waals surface area contributed by atoms with Crippen LogP contribution in [0.25, 0.3) is 0 Å². The highest BCUT2D eigenvalue weighted by Crippen LogP contribution is 2.24. The smallest absolute Gasteiger partial charge is 0.208 e. The Labute approximate surface area is 111 Å². The minimum absolute atomic E-state index is 0.0952. The Morgan fingerprint density at radius 3 is 2.56 bits per heavy atom. The van der Waals surface area contributed by atoms with E-state index in [0.29, 0.717) is 0 Å². The molecule has 0 amide bonds. The fourth-order valence-electron chi connectivity index (χ4n) is 2.19. The monoisotopic (exact) mass is 291 g/mol. The van der Waals surface area contributed by atoms with Gasteiger partial charge in [0.15, 0.2) is 5.82 Å². The van der Waals surface area contributed by atoms with Crippen molar-refractivity contribution in [3.63, 3.8) is 0 Å². The second-order valence-corrected chi connectivity index (χ2v) is 6.60. The predicted molar refractivity (Wildman–Crippen MR) is 68.6 cm³/mol. The largest absolute Gasteiger partial charge is 0.243 e. The van der Waals surface area contributed by atoms with Gasteiger partial charge in [-0.2, -0.15) is 0 Å². The van der Waals surface area contributed by atoms with Crippen LogP contribution in [0.4, 0.5) is 4.39 Å². The molecule has 3 nitrogen and oxygen atoms in total. The third-order valence-electron chi connectivity index (χ3n) is 3.13. The van der Waals surface area contributed by atoms with Gasteiger partial charge in [0.1, 0.15) is 4.90 Å². The van der Waals surface area contributed by atoms with Crippen LogP contribution >= 0.6 is 11.6 Å². The number of rotatable bonds is 3. The van der Waals surface area contributed by atoms with Crippen molar-refractivity contribution < 1.29 is 12.8 Å². The molecule has 18 heavy (non-hydrogen) atoms. The highest BCUT2D eigenvalue weighted by atomic mass is 35.5. The van der Waals surface area contributed by atoms with Crippen LogP contribution in [0.15, 0.2) is 23.1 Å². The van der Waals surface area contributed by atoms with E-state index in [1.807, 2.05) is 0 Å². The van der Waals surface area contributed by atoms with Gasteiger partial charge in [-0.05, 0) is 25.0 Å². The molecule has 0 saturated heterocycles. The summed E-state index contributed by atoms with van der Waals surface area (Å²) in [6.07, 6.45) is 4.75. The van der Waals surface area contributed by atoms with Gasteiger partial charge >= 0.3 is 0 Å². The van der Waals surface area contributed by atoms with Crippen LogP contribution in [0.2, 0.25) is 5.02 Å². The van der Waals surface area contributed by atoms with Gasteiger partial charge in [0.2, 0.25) is 10.0 Å². The SMILES string of the molecule is O=S(=O)(NC1CCCCC1)c1cccc(Cl)c1F. The Balaban J connectivity index is 2.22. The molecule has 2 rings (SSSR count). The summed E-state index contributed by atoms with van der Waals surface area (Å²) in [5.74, 6) is -0.887. The van der Waals surface area contributed by atoms with Crippen molar-refractivity contribution >= 4 is 21.6 Å². The zero-order valence-corrected chi connectivity index (χ0v) is 11.4. The van der Waals surface area contributed by atoms with Crippen LogP contribution in [0.1, 0.15) is 32.1 Å². The lowest BCUT2D eigenvalue weighted by molar-refractivity contribution is 0.411. The van der Waals surface area contributed by atoms with Crippen molar-refractivity contribution in [1.82, 2.24) is 4.72 Å². The maximum absolute atomic E-state index is 13.7. The van der Waals surface area contributed by atoms with E-state index in [2.05, 4.69) is 4.72 Å². The molecule has 1 N–H and O–H groups in total. The molecule has 0 heterocycles. The Bertz CT molecular complexity index is 527. The van der Waals surface area contributed by atoms with Crippen LogP contribution in [-0.2, 0) is 10.0 Å². The van der Waals surface area contributed by atoms with Gasteiger partial charge in [0.25, 0.3) is 0 Å². The summed E-state index contributed by atoms with van der Waals surface area (Å²) >= 11 is 5.60. The summed E-state index contributed by atoms with van der Waals surface area (Å²) in [4.78, 5) is -0.374. The first-order valence-corrected chi connectivity index (χ1v) is 7.83. The van der Waals surface area contributed by atoms with Crippen LogP contribution in [0, 0.1) is 5.82 Å². The molecule has 6 heteroatoms. The van der Waals surface area contributed by atoms with E-state index in [1.54, 1.807) is 0 Å².